The molecule has 6 heteroatoms. The highest BCUT2D eigenvalue weighted by molar-refractivity contribution is 5.84. The largest absolute Gasteiger partial charge is 0.454 e. The van der Waals surface area contributed by atoms with Gasteiger partial charge in [0.15, 0.2) is 11.5 Å². The van der Waals surface area contributed by atoms with Crippen LogP contribution in [0.25, 0.3) is 10.9 Å². The molecule has 5 rings (SSSR count). The number of hydrogen-bond acceptors (Lipinski definition) is 3. The van der Waals surface area contributed by atoms with E-state index in [1.807, 2.05) is 29.3 Å². The number of carbonyl (C=O) groups excluding carboxylic acids is 1. The number of aromatic amines is 1. The first kappa shape index (κ1) is 18.1. The molecule has 2 N–H and O–H groups in total. The molecule has 29 heavy (non-hydrogen) atoms. The number of amides is 1. The fraction of sp³-hybridized carbons (Fsp3) is 0.348. The molecule has 1 aromatic heterocycles. The van der Waals surface area contributed by atoms with E-state index in [1.54, 1.807) is 0 Å². The third-order valence-electron chi connectivity index (χ3n) is 6.00. The lowest BCUT2D eigenvalue weighted by molar-refractivity contribution is -0.917. The molecule has 0 atom stereocenters. The SMILES string of the molecule is O=C(CCc1c[nH]c2ccccc12)N1CC[NH+](Cc2ccc3c(c2)OCO3)CC1. The predicted octanol–water partition coefficient (Wildman–Crippen LogP) is 1.76. The number of nitrogens with one attached hydrogen (secondary N) is 2. The lowest BCUT2D eigenvalue weighted by Gasteiger charge is -2.32. The van der Waals surface area contributed by atoms with Crippen LogP contribution in [0.1, 0.15) is 17.5 Å². The van der Waals surface area contributed by atoms with E-state index in [0.717, 1.165) is 56.2 Å². The quantitative estimate of drug-likeness (QED) is 0.696. The normalized spacial score (nSPS) is 16.5. The monoisotopic (exact) mass is 392 g/mol. The summed E-state index contributed by atoms with van der Waals surface area (Å²) >= 11 is 0. The highest BCUT2D eigenvalue weighted by atomic mass is 16.7. The van der Waals surface area contributed by atoms with Gasteiger partial charge in [0, 0.05) is 29.1 Å². The molecule has 1 saturated heterocycles. The van der Waals surface area contributed by atoms with Gasteiger partial charge in [0.2, 0.25) is 12.7 Å². The number of ether oxygens (including phenoxy) is 2. The molecule has 0 saturated carbocycles. The van der Waals surface area contributed by atoms with E-state index in [4.69, 9.17) is 9.47 Å². The van der Waals surface area contributed by atoms with E-state index in [0.29, 0.717) is 13.2 Å². The van der Waals surface area contributed by atoms with Crippen molar-refractivity contribution in [3.05, 3.63) is 59.8 Å². The number of H-pyrrole nitrogens is 1. The fourth-order valence-corrected chi connectivity index (χ4v) is 4.33. The van der Waals surface area contributed by atoms with Gasteiger partial charge in [-0.1, -0.05) is 18.2 Å². The highest BCUT2D eigenvalue weighted by Gasteiger charge is 2.24. The first-order valence-corrected chi connectivity index (χ1v) is 10.3. The third kappa shape index (κ3) is 3.80. The van der Waals surface area contributed by atoms with Crippen LogP contribution in [-0.4, -0.2) is 48.8 Å². The molecular formula is C23H26N3O3+. The van der Waals surface area contributed by atoms with E-state index >= 15 is 0 Å². The van der Waals surface area contributed by atoms with Crippen molar-refractivity contribution in [2.75, 3.05) is 33.0 Å². The van der Waals surface area contributed by atoms with Gasteiger partial charge in [-0.3, -0.25) is 4.79 Å². The molecule has 1 fully saturated rings. The Hall–Kier alpha value is -2.99. The van der Waals surface area contributed by atoms with Crippen LogP contribution in [0.4, 0.5) is 0 Å². The van der Waals surface area contributed by atoms with Crippen LogP contribution < -0.4 is 14.4 Å². The standard InChI is InChI=1S/C23H25N3O3/c27-23(8-6-18-14-24-20-4-2-1-3-19(18)20)26-11-9-25(10-12-26)15-17-5-7-21-22(13-17)29-16-28-21/h1-5,7,13-14,24H,6,8-12,15-16H2/p+1. The zero-order valence-corrected chi connectivity index (χ0v) is 16.4. The lowest BCUT2D eigenvalue weighted by Crippen LogP contribution is -3.13. The van der Waals surface area contributed by atoms with Crippen LogP contribution in [0.15, 0.2) is 48.7 Å². The maximum absolute atomic E-state index is 12.7. The molecule has 6 nitrogen and oxygen atoms in total. The highest BCUT2D eigenvalue weighted by Crippen LogP contribution is 2.32. The van der Waals surface area contributed by atoms with Crippen molar-refractivity contribution in [1.29, 1.82) is 0 Å². The summed E-state index contributed by atoms with van der Waals surface area (Å²) in [6.07, 6.45) is 3.39. The van der Waals surface area contributed by atoms with Crippen molar-refractivity contribution < 1.29 is 19.2 Å². The number of nitrogens with zero attached hydrogens (tertiary/aromatic N) is 1. The van der Waals surface area contributed by atoms with Crippen molar-refractivity contribution in [2.45, 2.75) is 19.4 Å². The summed E-state index contributed by atoms with van der Waals surface area (Å²) in [5, 5.41) is 1.22. The Labute approximate surface area is 170 Å². The van der Waals surface area contributed by atoms with Gasteiger partial charge in [0.05, 0.1) is 26.2 Å². The van der Waals surface area contributed by atoms with Gasteiger partial charge in [-0.15, -0.1) is 0 Å². The minimum Gasteiger partial charge on any atom is -0.454 e. The molecule has 0 bridgehead atoms. The number of quaternary nitrogens is 1. The van der Waals surface area contributed by atoms with E-state index in [9.17, 15) is 4.79 Å². The molecule has 0 unspecified atom stereocenters. The second-order valence-electron chi connectivity index (χ2n) is 7.85. The Bertz CT molecular complexity index is 1020. The van der Waals surface area contributed by atoms with Gasteiger partial charge >= 0.3 is 0 Å². The van der Waals surface area contributed by atoms with Crippen molar-refractivity contribution in [3.63, 3.8) is 0 Å². The summed E-state index contributed by atoms with van der Waals surface area (Å²) < 4.78 is 10.9. The second-order valence-corrected chi connectivity index (χ2v) is 7.85. The number of hydrogen-bond donors (Lipinski definition) is 2. The van der Waals surface area contributed by atoms with Gasteiger partial charge in [-0.05, 0) is 36.2 Å². The number of rotatable bonds is 5. The number of fused-ring (bicyclic) bond motifs is 2. The van der Waals surface area contributed by atoms with Crippen LogP contribution in [0, 0.1) is 0 Å². The van der Waals surface area contributed by atoms with E-state index in [1.165, 1.54) is 21.4 Å². The minimum atomic E-state index is 0.261. The summed E-state index contributed by atoms with van der Waals surface area (Å²) in [6, 6.07) is 14.4. The van der Waals surface area contributed by atoms with Crippen LogP contribution in [0.5, 0.6) is 11.5 Å². The van der Waals surface area contributed by atoms with Crippen molar-refractivity contribution in [2.24, 2.45) is 0 Å². The van der Waals surface area contributed by atoms with Crippen molar-refractivity contribution in [3.8, 4) is 11.5 Å². The molecule has 150 valence electrons. The number of carbonyl (C=O) groups is 1. The number of aromatic nitrogens is 1. The van der Waals surface area contributed by atoms with Crippen LogP contribution in [0.3, 0.4) is 0 Å². The molecule has 0 radical (unpaired) electrons. The topological polar surface area (TPSA) is 59.0 Å². The van der Waals surface area contributed by atoms with Gasteiger partial charge in [0.25, 0.3) is 0 Å². The van der Waals surface area contributed by atoms with Crippen molar-refractivity contribution >= 4 is 16.8 Å². The average Bonchev–Trinajstić information content (AvgIpc) is 3.39. The molecule has 0 aliphatic carbocycles. The molecule has 1 amide bonds. The first-order chi connectivity index (χ1) is 14.3. The Morgan fingerprint density at radius 1 is 1.07 bits per heavy atom. The molecule has 2 aliphatic rings. The first-order valence-electron chi connectivity index (χ1n) is 10.3. The van der Waals surface area contributed by atoms with Crippen LogP contribution in [0.2, 0.25) is 0 Å². The number of para-hydroxylation sites is 1. The molecule has 2 aliphatic heterocycles. The average molecular weight is 392 g/mol. The van der Waals surface area contributed by atoms with Gasteiger partial charge < -0.3 is 24.3 Å². The number of benzene rings is 2. The predicted molar refractivity (Wildman–Crippen MR) is 110 cm³/mol. The Morgan fingerprint density at radius 2 is 1.90 bits per heavy atom. The van der Waals surface area contributed by atoms with E-state index < -0.39 is 0 Å². The smallest absolute Gasteiger partial charge is 0.231 e. The maximum Gasteiger partial charge on any atom is 0.231 e. The lowest BCUT2D eigenvalue weighted by atomic mass is 10.1. The maximum atomic E-state index is 12.7. The van der Waals surface area contributed by atoms with Gasteiger partial charge in [0.1, 0.15) is 6.54 Å². The summed E-state index contributed by atoms with van der Waals surface area (Å²) in [5.41, 5.74) is 3.61. The molecule has 3 aromatic rings. The molecule has 2 aromatic carbocycles. The number of aryl methyl sites for hydroxylation is 1. The number of piperazine rings is 1. The Morgan fingerprint density at radius 3 is 2.79 bits per heavy atom. The molecule has 0 spiro atoms. The summed E-state index contributed by atoms with van der Waals surface area (Å²) in [6.45, 7) is 4.87. The Balaban J connectivity index is 1.12. The second kappa shape index (κ2) is 7.79. The summed E-state index contributed by atoms with van der Waals surface area (Å²) in [5.74, 6) is 1.93. The summed E-state index contributed by atoms with van der Waals surface area (Å²) in [4.78, 5) is 19.5. The van der Waals surface area contributed by atoms with E-state index in [-0.39, 0.29) is 5.91 Å². The van der Waals surface area contributed by atoms with E-state index in [2.05, 4.69) is 29.2 Å². The van der Waals surface area contributed by atoms with Crippen LogP contribution >= 0.6 is 0 Å². The molecule has 3 heterocycles. The van der Waals surface area contributed by atoms with Gasteiger partial charge in [-0.2, -0.15) is 0 Å². The van der Waals surface area contributed by atoms with Gasteiger partial charge in [-0.25, -0.2) is 0 Å². The minimum absolute atomic E-state index is 0.261. The zero-order chi connectivity index (χ0) is 19.6. The van der Waals surface area contributed by atoms with Crippen molar-refractivity contribution in [1.82, 2.24) is 9.88 Å². The van der Waals surface area contributed by atoms with Crippen LogP contribution in [-0.2, 0) is 17.8 Å². The zero-order valence-electron chi connectivity index (χ0n) is 16.4. The Kier molecular flexibility index (Phi) is 4.86. The summed E-state index contributed by atoms with van der Waals surface area (Å²) in [7, 11) is 0. The third-order valence-corrected chi connectivity index (χ3v) is 6.00. The fourth-order valence-electron chi connectivity index (χ4n) is 4.33. The molecular weight excluding hydrogens is 366 g/mol.